The molecule has 2 unspecified atom stereocenters. The molecule has 1 aromatic rings. The van der Waals surface area contributed by atoms with E-state index in [4.69, 9.17) is 0 Å². The third-order valence-corrected chi connectivity index (χ3v) is 3.28. The van der Waals surface area contributed by atoms with Crippen LogP contribution in [0.3, 0.4) is 0 Å². The Labute approximate surface area is 96.1 Å². The van der Waals surface area contributed by atoms with Gasteiger partial charge in [0.1, 0.15) is 5.82 Å². The number of aromatic nitrogens is 2. The summed E-state index contributed by atoms with van der Waals surface area (Å²) < 4.78 is 0. The number of aliphatic hydroxyl groups excluding tert-OH is 1. The first kappa shape index (κ1) is 11.3. The quantitative estimate of drug-likeness (QED) is 0.816. The van der Waals surface area contributed by atoms with Crippen molar-refractivity contribution in [3.63, 3.8) is 0 Å². The van der Waals surface area contributed by atoms with Gasteiger partial charge in [-0.05, 0) is 19.8 Å². The van der Waals surface area contributed by atoms with Crippen molar-refractivity contribution in [3.05, 3.63) is 18.1 Å². The summed E-state index contributed by atoms with van der Waals surface area (Å²) in [5.41, 5.74) is 0.910. The molecule has 16 heavy (non-hydrogen) atoms. The first-order valence-electron chi connectivity index (χ1n) is 5.97. The lowest BCUT2D eigenvalue weighted by Gasteiger charge is -2.27. The number of rotatable bonds is 3. The van der Waals surface area contributed by atoms with Crippen LogP contribution in [-0.2, 0) is 0 Å². The molecule has 1 aliphatic rings. The van der Waals surface area contributed by atoms with Crippen molar-refractivity contribution < 1.29 is 5.11 Å². The van der Waals surface area contributed by atoms with E-state index in [2.05, 4.69) is 15.3 Å². The number of hydrogen-bond acceptors (Lipinski definition) is 4. The van der Waals surface area contributed by atoms with Crippen LogP contribution in [0.15, 0.2) is 12.4 Å². The molecule has 0 aromatic carbocycles. The Kier molecular flexibility index (Phi) is 3.72. The van der Waals surface area contributed by atoms with E-state index in [9.17, 15) is 5.11 Å². The number of anilines is 1. The Morgan fingerprint density at radius 1 is 1.31 bits per heavy atom. The van der Waals surface area contributed by atoms with Gasteiger partial charge < -0.3 is 10.4 Å². The van der Waals surface area contributed by atoms with Crippen LogP contribution < -0.4 is 5.32 Å². The average Bonchev–Trinajstić information content (AvgIpc) is 2.30. The molecule has 88 valence electrons. The first-order chi connectivity index (χ1) is 7.77. The van der Waals surface area contributed by atoms with Crippen LogP contribution in [0.2, 0.25) is 0 Å². The molecule has 0 bridgehead atoms. The van der Waals surface area contributed by atoms with Gasteiger partial charge >= 0.3 is 0 Å². The molecular weight excluding hydrogens is 202 g/mol. The van der Waals surface area contributed by atoms with E-state index in [0.29, 0.717) is 5.92 Å². The molecule has 2 N–H and O–H groups in total. The molecule has 2 rings (SSSR count). The Morgan fingerprint density at radius 3 is 2.81 bits per heavy atom. The Balaban J connectivity index is 1.89. The van der Waals surface area contributed by atoms with Crippen LogP contribution in [0.25, 0.3) is 0 Å². The lowest BCUT2D eigenvalue weighted by Crippen LogP contribution is -2.30. The van der Waals surface area contributed by atoms with Crippen LogP contribution in [-0.4, -0.2) is 27.7 Å². The SMILES string of the molecule is Cc1nccnc1NCC1CCCCC1O. The maximum Gasteiger partial charge on any atom is 0.147 e. The van der Waals surface area contributed by atoms with E-state index in [1.54, 1.807) is 12.4 Å². The van der Waals surface area contributed by atoms with Gasteiger partial charge in [-0.3, -0.25) is 4.98 Å². The zero-order valence-electron chi connectivity index (χ0n) is 9.69. The minimum absolute atomic E-state index is 0.154. The van der Waals surface area contributed by atoms with Gasteiger partial charge in [-0.25, -0.2) is 4.98 Å². The van der Waals surface area contributed by atoms with Gasteiger partial charge in [0.2, 0.25) is 0 Å². The second-order valence-electron chi connectivity index (χ2n) is 4.48. The van der Waals surface area contributed by atoms with E-state index in [1.165, 1.54) is 6.42 Å². The molecule has 0 radical (unpaired) electrons. The van der Waals surface area contributed by atoms with Crippen LogP contribution in [0.5, 0.6) is 0 Å². The van der Waals surface area contributed by atoms with Crippen LogP contribution in [0, 0.1) is 12.8 Å². The van der Waals surface area contributed by atoms with Crippen molar-refractivity contribution >= 4 is 5.82 Å². The molecule has 1 aliphatic carbocycles. The fourth-order valence-corrected chi connectivity index (χ4v) is 2.24. The van der Waals surface area contributed by atoms with Crippen molar-refractivity contribution in [1.82, 2.24) is 9.97 Å². The Bertz CT molecular complexity index is 343. The summed E-state index contributed by atoms with van der Waals surface area (Å²) in [7, 11) is 0. The third kappa shape index (κ3) is 2.70. The second kappa shape index (κ2) is 5.25. The van der Waals surface area contributed by atoms with E-state index in [1.807, 2.05) is 6.92 Å². The summed E-state index contributed by atoms with van der Waals surface area (Å²) >= 11 is 0. The largest absolute Gasteiger partial charge is 0.393 e. The predicted octanol–water partition coefficient (Wildman–Crippen LogP) is 1.75. The third-order valence-electron chi connectivity index (χ3n) is 3.28. The van der Waals surface area contributed by atoms with Crippen LogP contribution in [0.4, 0.5) is 5.82 Å². The number of nitrogens with zero attached hydrogens (tertiary/aromatic N) is 2. The molecule has 1 aromatic heterocycles. The van der Waals surface area contributed by atoms with Gasteiger partial charge in [-0.2, -0.15) is 0 Å². The monoisotopic (exact) mass is 221 g/mol. The summed E-state index contributed by atoms with van der Waals surface area (Å²) in [5.74, 6) is 1.19. The molecule has 2 atom stereocenters. The Morgan fingerprint density at radius 2 is 2.06 bits per heavy atom. The van der Waals surface area contributed by atoms with Crippen molar-refractivity contribution in [3.8, 4) is 0 Å². The van der Waals surface area contributed by atoms with Gasteiger partial charge in [-0.15, -0.1) is 0 Å². The molecule has 4 nitrogen and oxygen atoms in total. The molecule has 1 heterocycles. The zero-order chi connectivity index (χ0) is 11.4. The number of nitrogens with one attached hydrogen (secondary N) is 1. The second-order valence-corrected chi connectivity index (χ2v) is 4.48. The molecule has 4 heteroatoms. The molecule has 1 saturated carbocycles. The van der Waals surface area contributed by atoms with Gasteiger partial charge in [-0.1, -0.05) is 12.8 Å². The number of hydrogen-bond donors (Lipinski definition) is 2. The van der Waals surface area contributed by atoms with E-state index in [-0.39, 0.29) is 6.10 Å². The standard InChI is InChI=1S/C12H19N3O/c1-9-12(14-7-6-13-9)15-8-10-4-2-3-5-11(10)16/h6-7,10-11,16H,2-5,8H2,1H3,(H,14,15). The number of aryl methyl sites for hydroxylation is 1. The van der Waals surface area contributed by atoms with Gasteiger partial charge in [0.05, 0.1) is 11.8 Å². The summed E-state index contributed by atoms with van der Waals surface area (Å²) in [4.78, 5) is 8.41. The fraction of sp³-hybridized carbons (Fsp3) is 0.667. The first-order valence-corrected chi connectivity index (χ1v) is 5.97. The molecule has 0 spiro atoms. The van der Waals surface area contributed by atoms with E-state index < -0.39 is 0 Å². The Hall–Kier alpha value is -1.16. The fourth-order valence-electron chi connectivity index (χ4n) is 2.24. The highest BCUT2D eigenvalue weighted by Crippen LogP contribution is 2.24. The summed E-state index contributed by atoms with van der Waals surface area (Å²) in [6.07, 6.45) is 7.64. The predicted molar refractivity (Wildman–Crippen MR) is 63.2 cm³/mol. The topological polar surface area (TPSA) is 58.0 Å². The van der Waals surface area contributed by atoms with Gasteiger partial charge in [0.25, 0.3) is 0 Å². The minimum Gasteiger partial charge on any atom is -0.393 e. The van der Waals surface area contributed by atoms with Crippen molar-refractivity contribution in [1.29, 1.82) is 0 Å². The van der Waals surface area contributed by atoms with Gasteiger partial charge in [0.15, 0.2) is 0 Å². The van der Waals surface area contributed by atoms with E-state index >= 15 is 0 Å². The summed E-state index contributed by atoms with van der Waals surface area (Å²) in [6, 6.07) is 0. The van der Waals surface area contributed by atoms with Crippen LogP contribution in [0.1, 0.15) is 31.4 Å². The van der Waals surface area contributed by atoms with Gasteiger partial charge in [0, 0.05) is 24.9 Å². The highest BCUT2D eigenvalue weighted by Gasteiger charge is 2.22. The average molecular weight is 221 g/mol. The highest BCUT2D eigenvalue weighted by atomic mass is 16.3. The lowest BCUT2D eigenvalue weighted by molar-refractivity contribution is 0.0763. The number of aliphatic hydroxyl groups is 1. The van der Waals surface area contributed by atoms with Crippen LogP contribution >= 0.6 is 0 Å². The van der Waals surface area contributed by atoms with Crippen molar-refractivity contribution in [2.45, 2.75) is 38.7 Å². The summed E-state index contributed by atoms with van der Waals surface area (Å²) in [5, 5.41) is 13.1. The maximum atomic E-state index is 9.84. The smallest absolute Gasteiger partial charge is 0.147 e. The molecular formula is C12H19N3O. The minimum atomic E-state index is -0.154. The van der Waals surface area contributed by atoms with Crippen molar-refractivity contribution in [2.24, 2.45) is 5.92 Å². The zero-order valence-corrected chi connectivity index (χ0v) is 9.69. The molecule has 0 aliphatic heterocycles. The van der Waals surface area contributed by atoms with Crippen molar-refractivity contribution in [2.75, 3.05) is 11.9 Å². The highest BCUT2D eigenvalue weighted by molar-refractivity contribution is 5.38. The normalized spacial score (nSPS) is 25.4. The summed E-state index contributed by atoms with van der Waals surface area (Å²) in [6.45, 7) is 2.73. The van der Waals surface area contributed by atoms with E-state index in [0.717, 1.165) is 37.3 Å². The molecule has 0 amide bonds. The lowest BCUT2D eigenvalue weighted by atomic mass is 9.86. The maximum absolute atomic E-state index is 9.84. The molecule has 1 fully saturated rings. The molecule has 0 saturated heterocycles.